The van der Waals surface area contributed by atoms with Crippen LogP contribution in [0.4, 0.5) is 5.69 Å². The number of carboxylic acid groups (broad SMARTS) is 1. The molecular weight excluding hydrogens is 256 g/mol. The van der Waals surface area contributed by atoms with Crippen molar-refractivity contribution >= 4 is 17.6 Å². The smallest absolute Gasteiger partial charge is 0.303 e. The van der Waals surface area contributed by atoms with Crippen molar-refractivity contribution < 1.29 is 14.7 Å². The molecule has 0 saturated carbocycles. The van der Waals surface area contributed by atoms with E-state index in [0.29, 0.717) is 18.5 Å². The first-order valence-corrected chi connectivity index (χ1v) is 7.03. The Bertz CT molecular complexity index is 500. The third kappa shape index (κ3) is 3.98. The van der Waals surface area contributed by atoms with Crippen LogP contribution in [0.5, 0.6) is 0 Å². The lowest BCUT2D eigenvalue weighted by molar-refractivity contribution is -0.137. The van der Waals surface area contributed by atoms with Gasteiger partial charge in [0, 0.05) is 30.8 Å². The molecule has 0 spiro atoms. The summed E-state index contributed by atoms with van der Waals surface area (Å²) in [6.07, 6.45) is 3.46. The molecule has 108 valence electrons. The van der Waals surface area contributed by atoms with Gasteiger partial charge in [-0.2, -0.15) is 0 Å². The summed E-state index contributed by atoms with van der Waals surface area (Å²) in [6.45, 7) is 1.53. The van der Waals surface area contributed by atoms with Crippen LogP contribution in [0.1, 0.15) is 41.6 Å². The molecule has 0 radical (unpaired) electrons. The SMILES string of the molecule is O=C(O)CCCCCNC(=O)c1ccc2c(c1)CCN2. The van der Waals surface area contributed by atoms with Gasteiger partial charge in [0.2, 0.25) is 0 Å². The van der Waals surface area contributed by atoms with Crippen molar-refractivity contribution in [1.29, 1.82) is 0 Å². The van der Waals surface area contributed by atoms with E-state index in [2.05, 4.69) is 10.6 Å². The van der Waals surface area contributed by atoms with Gasteiger partial charge < -0.3 is 15.7 Å². The molecule has 5 heteroatoms. The molecule has 0 aliphatic carbocycles. The fourth-order valence-electron chi connectivity index (χ4n) is 2.33. The maximum Gasteiger partial charge on any atom is 0.303 e. The number of rotatable bonds is 7. The zero-order valence-corrected chi connectivity index (χ0v) is 11.4. The first-order valence-electron chi connectivity index (χ1n) is 7.03. The summed E-state index contributed by atoms with van der Waals surface area (Å²) >= 11 is 0. The van der Waals surface area contributed by atoms with E-state index < -0.39 is 5.97 Å². The minimum atomic E-state index is -0.763. The number of hydrogen-bond acceptors (Lipinski definition) is 3. The fraction of sp³-hybridized carbons (Fsp3) is 0.467. The average Bonchev–Trinajstić information content (AvgIpc) is 2.89. The predicted molar refractivity (Wildman–Crippen MR) is 77.1 cm³/mol. The van der Waals surface area contributed by atoms with E-state index in [4.69, 9.17) is 5.11 Å². The highest BCUT2D eigenvalue weighted by Crippen LogP contribution is 2.22. The Morgan fingerprint density at radius 2 is 2.10 bits per heavy atom. The van der Waals surface area contributed by atoms with Gasteiger partial charge in [0.05, 0.1) is 0 Å². The molecule has 20 heavy (non-hydrogen) atoms. The van der Waals surface area contributed by atoms with E-state index in [1.165, 1.54) is 5.56 Å². The molecule has 0 fully saturated rings. The summed E-state index contributed by atoms with van der Waals surface area (Å²) in [5, 5.41) is 14.6. The van der Waals surface area contributed by atoms with Crippen molar-refractivity contribution in [2.75, 3.05) is 18.4 Å². The average molecular weight is 276 g/mol. The molecule has 1 aromatic carbocycles. The molecule has 1 heterocycles. The van der Waals surface area contributed by atoms with Crippen LogP contribution in [0, 0.1) is 0 Å². The van der Waals surface area contributed by atoms with Crippen LogP contribution in [0.3, 0.4) is 0 Å². The highest BCUT2D eigenvalue weighted by molar-refractivity contribution is 5.95. The number of nitrogens with one attached hydrogen (secondary N) is 2. The molecule has 3 N–H and O–H groups in total. The zero-order valence-electron chi connectivity index (χ0n) is 11.4. The third-order valence-corrected chi connectivity index (χ3v) is 3.43. The molecule has 1 aromatic rings. The van der Waals surface area contributed by atoms with Gasteiger partial charge in [0.1, 0.15) is 0 Å². The highest BCUT2D eigenvalue weighted by Gasteiger charge is 2.12. The monoisotopic (exact) mass is 276 g/mol. The van der Waals surface area contributed by atoms with E-state index in [0.717, 1.165) is 31.5 Å². The minimum absolute atomic E-state index is 0.0575. The molecular formula is C15H20N2O3. The number of carboxylic acids is 1. The molecule has 1 amide bonds. The van der Waals surface area contributed by atoms with Crippen LogP contribution >= 0.6 is 0 Å². The first-order chi connectivity index (χ1) is 9.66. The van der Waals surface area contributed by atoms with E-state index in [9.17, 15) is 9.59 Å². The van der Waals surface area contributed by atoms with Gasteiger partial charge in [0.25, 0.3) is 5.91 Å². The summed E-state index contributed by atoms with van der Waals surface area (Å²) in [4.78, 5) is 22.3. The van der Waals surface area contributed by atoms with Crippen molar-refractivity contribution in [3.8, 4) is 0 Å². The predicted octanol–water partition coefficient (Wildman–Crippen LogP) is 2.03. The normalized spacial score (nSPS) is 12.6. The number of aliphatic carboxylic acids is 1. The van der Waals surface area contributed by atoms with Gasteiger partial charge in [0.15, 0.2) is 0 Å². The Morgan fingerprint density at radius 1 is 1.25 bits per heavy atom. The van der Waals surface area contributed by atoms with E-state index in [-0.39, 0.29) is 12.3 Å². The largest absolute Gasteiger partial charge is 0.481 e. The van der Waals surface area contributed by atoms with Crippen LogP contribution in [0.2, 0.25) is 0 Å². The standard InChI is InChI=1S/C15H20N2O3/c18-14(19)4-2-1-3-8-17-15(20)12-5-6-13-11(10-12)7-9-16-13/h5-6,10,16H,1-4,7-9H2,(H,17,20)(H,18,19). The van der Waals surface area contributed by atoms with E-state index >= 15 is 0 Å². The quantitative estimate of drug-likeness (QED) is 0.666. The van der Waals surface area contributed by atoms with Gasteiger partial charge >= 0.3 is 5.97 Å². The Kier molecular flexibility index (Phi) is 4.98. The Labute approximate surface area is 118 Å². The number of carbonyl (C=O) groups excluding carboxylic acids is 1. The molecule has 0 atom stereocenters. The fourth-order valence-corrected chi connectivity index (χ4v) is 2.33. The van der Waals surface area contributed by atoms with Gasteiger partial charge in [-0.1, -0.05) is 6.42 Å². The Hall–Kier alpha value is -2.04. The second-order valence-electron chi connectivity index (χ2n) is 5.01. The molecule has 0 bridgehead atoms. The third-order valence-electron chi connectivity index (χ3n) is 3.43. The summed E-state index contributed by atoms with van der Waals surface area (Å²) in [5.74, 6) is -0.821. The van der Waals surface area contributed by atoms with Gasteiger partial charge in [-0.3, -0.25) is 9.59 Å². The van der Waals surface area contributed by atoms with E-state index in [1.54, 1.807) is 0 Å². The van der Waals surface area contributed by atoms with Gasteiger partial charge in [-0.05, 0) is 43.0 Å². The molecule has 1 aliphatic heterocycles. The Morgan fingerprint density at radius 3 is 2.90 bits per heavy atom. The summed E-state index contributed by atoms with van der Waals surface area (Å²) in [6, 6.07) is 5.72. The van der Waals surface area contributed by atoms with E-state index in [1.807, 2.05) is 18.2 Å². The number of benzene rings is 1. The highest BCUT2D eigenvalue weighted by atomic mass is 16.4. The second-order valence-corrected chi connectivity index (χ2v) is 5.01. The molecule has 0 unspecified atom stereocenters. The maximum absolute atomic E-state index is 12.0. The number of hydrogen-bond donors (Lipinski definition) is 3. The Balaban J connectivity index is 1.71. The number of unbranched alkanes of at least 4 members (excludes halogenated alkanes) is 2. The summed E-state index contributed by atoms with van der Waals surface area (Å²) < 4.78 is 0. The minimum Gasteiger partial charge on any atom is -0.481 e. The number of fused-ring (bicyclic) bond motifs is 1. The van der Waals surface area contributed by atoms with Crippen LogP contribution < -0.4 is 10.6 Å². The topological polar surface area (TPSA) is 78.4 Å². The lowest BCUT2D eigenvalue weighted by Crippen LogP contribution is -2.24. The molecule has 2 rings (SSSR count). The molecule has 1 aliphatic rings. The van der Waals surface area contributed by atoms with Crippen molar-refractivity contribution in [1.82, 2.24) is 5.32 Å². The lowest BCUT2D eigenvalue weighted by atomic mass is 10.1. The summed E-state index contributed by atoms with van der Waals surface area (Å²) in [7, 11) is 0. The number of amides is 1. The van der Waals surface area contributed by atoms with Crippen molar-refractivity contribution in [3.05, 3.63) is 29.3 Å². The first kappa shape index (κ1) is 14.4. The van der Waals surface area contributed by atoms with Gasteiger partial charge in [-0.25, -0.2) is 0 Å². The number of carbonyl (C=O) groups is 2. The molecule has 0 saturated heterocycles. The van der Waals surface area contributed by atoms with Crippen LogP contribution in [-0.4, -0.2) is 30.1 Å². The van der Waals surface area contributed by atoms with Crippen LogP contribution in [0.25, 0.3) is 0 Å². The van der Waals surface area contributed by atoms with Crippen LogP contribution in [0.15, 0.2) is 18.2 Å². The second kappa shape index (κ2) is 6.93. The van der Waals surface area contributed by atoms with Gasteiger partial charge in [-0.15, -0.1) is 0 Å². The molecule has 0 aromatic heterocycles. The maximum atomic E-state index is 12.0. The number of anilines is 1. The van der Waals surface area contributed by atoms with Crippen molar-refractivity contribution in [2.45, 2.75) is 32.1 Å². The van der Waals surface area contributed by atoms with Crippen LogP contribution in [-0.2, 0) is 11.2 Å². The lowest BCUT2D eigenvalue weighted by Gasteiger charge is -2.06. The zero-order chi connectivity index (χ0) is 14.4. The van der Waals surface area contributed by atoms with Crippen molar-refractivity contribution in [3.63, 3.8) is 0 Å². The van der Waals surface area contributed by atoms with Crippen molar-refractivity contribution in [2.24, 2.45) is 0 Å². The summed E-state index contributed by atoms with van der Waals surface area (Å²) in [5.41, 5.74) is 3.01. The molecule has 5 nitrogen and oxygen atoms in total.